The number of aryl methyl sites for hydroxylation is 1. The maximum absolute atomic E-state index is 12.9. The molecule has 6 rings (SSSR count). The Bertz CT molecular complexity index is 1090. The maximum Gasteiger partial charge on any atom is 0.273 e. The molecule has 4 aliphatic heterocycles. The molecule has 1 aliphatic carbocycles. The Morgan fingerprint density at radius 2 is 2.13 bits per heavy atom. The number of aliphatic hydroxyl groups excluding tert-OH is 1. The van der Waals surface area contributed by atoms with Crippen molar-refractivity contribution in [3.63, 3.8) is 0 Å². The van der Waals surface area contributed by atoms with E-state index in [4.69, 9.17) is 4.74 Å². The number of carbonyl (C=O) groups is 3. The molecule has 1 spiro atoms. The monoisotopic (exact) mass is 470 g/mol. The van der Waals surface area contributed by atoms with Gasteiger partial charge in [0, 0.05) is 17.7 Å². The summed E-state index contributed by atoms with van der Waals surface area (Å²) in [4.78, 5) is 39.8. The third-order valence-electron chi connectivity index (χ3n) is 6.63. The Hall–Kier alpha value is -2.09. The summed E-state index contributed by atoms with van der Waals surface area (Å²) < 4.78 is 34.1. The lowest BCUT2D eigenvalue weighted by atomic mass is 9.60. The van der Waals surface area contributed by atoms with Gasteiger partial charge in [-0.1, -0.05) is 0 Å². The number of nitrogens with zero attached hydrogens (tertiary/aromatic N) is 2. The van der Waals surface area contributed by atoms with Gasteiger partial charge >= 0.3 is 0 Å². The Balaban J connectivity index is 1.33. The summed E-state index contributed by atoms with van der Waals surface area (Å²) in [6.45, 7) is 2.08. The summed E-state index contributed by atoms with van der Waals surface area (Å²) in [6, 6.07) is 0.532. The van der Waals surface area contributed by atoms with E-state index >= 15 is 0 Å². The Labute approximate surface area is 182 Å². The van der Waals surface area contributed by atoms with Crippen molar-refractivity contribution in [2.45, 2.75) is 42.5 Å². The predicted octanol–water partition coefficient (Wildman–Crippen LogP) is -2.03. The molecule has 168 valence electrons. The van der Waals surface area contributed by atoms with Crippen molar-refractivity contribution < 1.29 is 32.6 Å². The fraction of sp³-hybridized carbons (Fsp3) is 0.667. The lowest BCUT2D eigenvalue weighted by Crippen LogP contribution is -2.78. The van der Waals surface area contributed by atoms with Crippen LogP contribution >= 0.6 is 11.5 Å². The van der Waals surface area contributed by atoms with E-state index in [1.165, 1.54) is 11.5 Å². The normalized spacial score (nSPS) is 34.6. The minimum absolute atomic E-state index is 0.222. The highest BCUT2D eigenvalue weighted by Crippen LogP contribution is 2.63. The number of ether oxygens (including phenoxy) is 1. The van der Waals surface area contributed by atoms with E-state index in [1.807, 2.05) is 6.92 Å². The van der Waals surface area contributed by atoms with Gasteiger partial charge in [0.05, 0.1) is 36.6 Å². The van der Waals surface area contributed by atoms with E-state index in [1.54, 1.807) is 11.0 Å². The van der Waals surface area contributed by atoms with Gasteiger partial charge in [0.1, 0.15) is 23.1 Å². The van der Waals surface area contributed by atoms with E-state index in [-0.39, 0.29) is 25.6 Å². The number of amides is 3. The second-order valence-electron chi connectivity index (χ2n) is 9.02. The molecule has 0 radical (unpaired) electrons. The van der Waals surface area contributed by atoms with Gasteiger partial charge in [0.2, 0.25) is 11.8 Å². The molecule has 1 unspecified atom stereocenters. The number of likely N-dealkylation sites (tertiary alicyclic amines) is 1. The van der Waals surface area contributed by atoms with Crippen molar-refractivity contribution in [1.29, 1.82) is 0 Å². The lowest BCUT2D eigenvalue weighted by Gasteiger charge is -2.55. The zero-order valence-electron chi connectivity index (χ0n) is 16.7. The number of aromatic nitrogens is 1. The summed E-state index contributed by atoms with van der Waals surface area (Å²) in [5.74, 6) is -2.64. The molecular formula is C18H22N4O7S2. The predicted molar refractivity (Wildman–Crippen MR) is 107 cm³/mol. The van der Waals surface area contributed by atoms with E-state index in [2.05, 4.69) is 15.0 Å². The van der Waals surface area contributed by atoms with Gasteiger partial charge < -0.3 is 25.4 Å². The van der Waals surface area contributed by atoms with Crippen LogP contribution < -0.4 is 10.6 Å². The Morgan fingerprint density at radius 3 is 2.71 bits per heavy atom. The van der Waals surface area contributed by atoms with Crippen LogP contribution in [0.4, 0.5) is 0 Å². The molecule has 5 fully saturated rings. The molecule has 4 saturated heterocycles. The first kappa shape index (κ1) is 20.8. The summed E-state index contributed by atoms with van der Waals surface area (Å²) >= 11 is 1.24. The van der Waals surface area contributed by atoms with Crippen LogP contribution in [0.5, 0.6) is 0 Å². The van der Waals surface area contributed by atoms with Crippen molar-refractivity contribution >= 4 is 39.1 Å². The highest BCUT2D eigenvalue weighted by molar-refractivity contribution is 7.92. The van der Waals surface area contributed by atoms with Crippen LogP contribution in [0.15, 0.2) is 6.07 Å². The zero-order chi connectivity index (χ0) is 22.2. The van der Waals surface area contributed by atoms with Crippen molar-refractivity contribution in [2.75, 3.05) is 31.2 Å². The first-order valence-corrected chi connectivity index (χ1v) is 12.5. The van der Waals surface area contributed by atoms with Crippen molar-refractivity contribution in [1.82, 2.24) is 19.9 Å². The molecule has 3 amide bonds. The number of hydrogen-bond acceptors (Lipinski definition) is 9. The SMILES string of the molecule is Cc1cc(C(=O)N2CC3(C2)OC2(CO)CC3(NC(=O)C3CS(=O)(=O)CC(=O)N3)C2)ns1. The van der Waals surface area contributed by atoms with Gasteiger partial charge in [-0.25, -0.2) is 8.42 Å². The van der Waals surface area contributed by atoms with E-state index in [0.717, 1.165) is 4.88 Å². The summed E-state index contributed by atoms with van der Waals surface area (Å²) in [5, 5.41) is 15.1. The highest BCUT2D eigenvalue weighted by atomic mass is 32.2. The minimum atomic E-state index is -3.66. The highest BCUT2D eigenvalue weighted by Gasteiger charge is 2.79. The molecule has 5 aliphatic rings. The number of rotatable bonds is 4. The fourth-order valence-corrected chi connectivity index (χ4v) is 7.15. The molecule has 1 atom stereocenters. The molecule has 3 N–H and O–H groups in total. The Kier molecular flexibility index (Phi) is 4.34. The standard InChI is InChI=1S/C18H22N4O7S2/c1-10-2-11(21-30-10)15(26)22-7-18(8-22)17(5-16(6-17,9-23)29-18)20-14(25)12-3-31(27,28)4-13(24)19-12/h2,12,23H,3-9H2,1H3,(H,19,24)(H,20,25). The number of nitrogens with one attached hydrogen (secondary N) is 2. The number of carbonyl (C=O) groups excluding carboxylic acids is 3. The van der Waals surface area contributed by atoms with Crippen LogP contribution in [0, 0.1) is 6.92 Å². The fourth-order valence-electron chi connectivity index (χ4n) is 5.27. The average molecular weight is 471 g/mol. The topological polar surface area (TPSA) is 155 Å². The lowest BCUT2D eigenvalue weighted by molar-refractivity contribution is -0.147. The van der Waals surface area contributed by atoms with E-state index in [9.17, 15) is 27.9 Å². The van der Waals surface area contributed by atoms with Crippen molar-refractivity contribution in [3.8, 4) is 0 Å². The van der Waals surface area contributed by atoms with Gasteiger partial charge in [-0.05, 0) is 24.5 Å². The van der Waals surface area contributed by atoms with Crippen LogP contribution in [0.3, 0.4) is 0 Å². The molecule has 1 saturated carbocycles. The van der Waals surface area contributed by atoms with Gasteiger partial charge in [-0.2, -0.15) is 4.37 Å². The van der Waals surface area contributed by atoms with Crippen LogP contribution in [-0.4, -0.2) is 94.5 Å². The number of sulfone groups is 1. The zero-order valence-corrected chi connectivity index (χ0v) is 18.3. The molecule has 0 aromatic carbocycles. The van der Waals surface area contributed by atoms with Gasteiger partial charge in [0.15, 0.2) is 9.84 Å². The van der Waals surface area contributed by atoms with Crippen LogP contribution in [0.25, 0.3) is 0 Å². The molecule has 13 heteroatoms. The van der Waals surface area contributed by atoms with Gasteiger partial charge in [-0.3, -0.25) is 14.4 Å². The van der Waals surface area contributed by atoms with Gasteiger partial charge in [-0.15, -0.1) is 0 Å². The second kappa shape index (κ2) is 6.47. The number of hydrogen-bond donors (Lipinski definition) is 3. The number of aliphatic hydroxyl groups is 1. The summed E-state index contributed by atoms with van der Waals surface area (Å²) in [5.41, 5.74) is -2.15. The van der Waals surface area contributed by atoms with Gasteiger partial charge in [0.25, 0.3) is 5.91 Å². The molecule has 1 aromatic heterocycles. The van der Waals surface area contributed by atoms with E-state index in [0.29, 0.717) is 18.5 Å². The average Bonchev–Trinajstić information content (AvgIpc) is 3.25. The van der Waals surface area contributed by atoms with Crippen molar-refractivity contribution in [3.05, 3.63) is 16.6 Å². The summed E-state index contributed by atoms with van der Waals surface area (Å²) in [6.07, 6.45) is 0.709. The molecule has 2 bridgehead atoms. The van der Waals surface area contributed by atoms with Crippen LogP contribution in [-0.2, 0) is 24.2 Å². The first-order valence-electron chi connectivity index (χ1n) is 9.86. The largest absolute Gasteiger partial charge is 0.393 e. The molecule has 11 nitrogen and oxygen atoms in total. The third-order valence-corrected chi connectivity index (χ3v) is 8.87. The Morgan fingerprint density at radius 1 is 1.42 bits per heavy atom. The van der Waals surface area contributed by atoms with Crippen LogP contribution in [0.1, 0.15) is 28.2 Å². The minimum Gasteiger partial charge on any atom is -0.393 e. The van der Waals surface area contributed by atoms with Crippen LogP contribution in [0.2, 0.25) is 0 Å². The quantitative estimate of drug-likeness (QED) is 0.455. The molecule has 31 heavy (non-hydrogen) atoms. The van der Waals surface area contributed by atoms with E-state index < -0.39 is 55.9 Å². The molecule has 1 aromatic rings. The smallest absolute Gasteiger partial charge is 0.273 e. The maximum atomic E-state index is 12.9. The third kappa shape index (κ3) is 3.09. The molecular weight excluding hydrogens is 448 g/mol. The van der Waals surface area contributed by atoms with Crippen molar-refractivity contribution in [2.24, 2.45) is 0 Å². The molecule has 5 heterocycles. The summed E-state index contributed by atoms with van der Waals surface area (Å²) in [7, 11) is -3.66. The second-order valence-corrected chi connectivity index (χ2v) is 12.1. The first-order chi connectivity index (χ1) is 14.5.